The van der Waals surface area contributed by atoms with Gasteiger partial charge >= 0.3 is 0 Å². The summed E-state index contributed by atoms with van der Waals surface area (Å²) in [6, 6.07) is 12.0. The summed E-state index contributed by atoms with van der Waals surface area (Å²) in [4.78, 5) is 34.2. The van der Waals surface area contributed by atoms with Crippen LogP contribution in [-0.4, -0.2) is 72.6 Å². The first kappa shape index (κ1) is 23.9. The molecule has 0 aliphatic carbocycles. The smallest absolute Gasteiger partial charge is 0.253 e. The van der Waals surface area contributed by atoms with Crippen molar-refractivity contribution in [2.24, 2.45) is 0 Å². The Kier molecular flexibility index (Phi) is 7.20. The topological polar surface area (TPSA) is 99.4 Å². The number of aromatic amines is 1. The zero-order chi connectivity index (χ0) is 24.9. The van der Waals surface area contributed by atoms with Crippen LogP contribution in [0.2, 0.25) is 0 Å². The van der Waals surface area contributed by atoms with Crippen LogP contribution >= 0.6 is 0 Å². The quantitative estimate of drug-likeness (QED) is 0.474. The van der Waals surface area contributed by atoms with E-state index in [-0.39, 0.29) is 17.5 Å². The number of hydrogen-bond donors (Lipinski definition) is 3. The Bertz CT molecular complexity index is 1280. The van der Waals surface area contributed by atoms with Crippen molar-refractivity contribution in [3.63, 3.8) is 0 Å². The van der Waals surface area contributed by atoms with E-state index < -0.39 is 5.83 Å². The summed E-state index contributed by atoms with van der Waals surface area (Å²) in [7, 11) is 0. The largest absolute Gasteiger partial charge is 0.379 e. The molecule has 2 aliphatic rings. The van der Waals surface area contributed by atoms with Gasteiger partial charge in [0.2, 0.25) is 0 Å². The van der Waals surface area contributed by atoms with Crippen LogP contribution < -0.4 is 10.6 Å². The van der Waals surface area contributed by atoms with Crippen LogP contribution in [0.5, 0.6) is 0 Å². The highest BCUT2D eigenvalue weighted by atomic mass is 19.1. The second kappa shape index (κ2) is 10.8. The van der Waals surface area contributed by atoms with Crippen molar-refractivity contribution in [1.82, 2.24) is 25.5 Å². The number of morpholine rings is 1. The lowest BCUT2D eigenvalue weighted by Gasteiger charge is -2.26. The zero-order valence-electron chi connectivity index (χ0n) is 19.9. The normalized spacial score (nSPS) is 16.4. The molecule has 1 saturated heterocycles. The van der Waals surface area contributed by atoms with Gasteiger partial charge in [-0.25, -0.2) is 4.39 Å². The molecule has 8 nitrogen and oxygen atoms in total. The van der Waals surface area contributed by atoms with Gasteiger partial charge in [0.25, 0.3) is 11.8 Å². The summed E-state index contributed by atoms with van der Waals surface area (Å²) in [5.74, 6) is -0.752. The Morgan fingerprint density at radius 3 is 2.75 bits per heavy atom. The Hall–Kier alpha value is -3.82. The lowest BCUT2D eigenvalue weighted by molar-refractivity contribution is 0.0383. The number of rotatable bonds is 7. The molecule has 2 aliphatic heterocycles. The first-order valence-electron chi connectivity index (χ1n) is 12.1. The number of halogens is 1. The summed E-state index contributed by atoms with van der Waals surface area (Å²) in [6.45, 7) is 5.16. The van der Waals surface area contributed by atoms with Crippen molar-refractivity contribution < 1.29 is 18.7 Å². The van der Waals surface area contributed by atoms with Crippen LogP contribution in [0.3, 0.4) is 0 Å². The van der Waals surface area contributed by atoms with Gasteiger partial charge in [-0.15, -0.1) is 0 Å². The van der Waals surface area contributed by atoms with Gasteiger partial charge in [-0.3, -0.25) is 19.5 Å². The highest BCUT2D eigenvalue weighted by molar-refractivity contribution is 5.98. The number of ether oxygens (including phenoxy) is 1. The van der Waals surface area contributed by atoms with Gasteiger partial charge in [0.1, 0.15) is 5.83 Å². The van der Waals surface area contributed by atoms with Gasteiger partial charge in [0, 0.05) is 67.9 Å². The van der Waals surface area contributed by atoms with E-state index in [9.17, 15) is 9.59 Å². The maximum atomic E-state index is 15.0. The maximum absolute atomic E-state index is 15.0. The molecule has 5 rings (SSSR count). The number of H-pyrrole nitrogens is 1. The molecule has 2 amide bonds. The average Bonchev–Trinajstić information content (AvgIpc) is 3.36. The standard InChI is InChI=1S/C27H28FN5O3/c28-22(25-16-20(5-7-29-25)24-17-21-23(32-24)6-8-30-27(21)35)15-18-1-3-19(4-2-18)26(34)31-9-10-33-11-13-36-14-12-33/h1-5,7,15-17,32H,6,8-14H2,(H,30,35)(H,31,34)/b22-15-. The number of hydrogen-bond acceptors (Lipinski definition) is 5. The molecule has 1 fully saturated rings. The fourth-order valence-electron chi connectivity index (χ4n) is 4.38. The monoisotopic (exact) mass is 489 g/mol. The number of fused-ring (bicyclic) bond motifs is 1. The van der Waals surface area contributed by atoms with Crippen LogP contribution in [0, 0.1) is 0 Å². The van der Waals surface area contributed by atoms with E-state index in [1.165, 1.54) is 6.08 Å². The lowest BCUT2D eigenvalue weighted by atomic mass is 10.1. The second-order valence-electron chi connectivity index (χ2n) is 8.84. The highest BCUT2D eigenvalue weighted by Gasteiger charge is 2.20. The lowest BCUT2D eigenvalue weighted by Crippen LogP contribution is -2.41. The number of nitrogens with zero attached hydrogens (tertiary/aromatic N) is 2. The number of pyridine rings is 1. The van der Waals surface area contributed by atoms with Crippen molar-refractivity contribution in [2.75, 3.05) is 45.9 Å². The van der Waals surface area contributed by atoms with E-state index in [2.05, 4.69) is 25.5 Å². The molecule has 0 unspecified atom stereocenters. The summed E-state index contributed by atoms with van der Waals surface area (Å²) in [5, 5.41) is 5.75. The molecule has 0 atom stereocenters. The Morgan fingerprint density at radius 2 is 1.97 bits per heavy atom. The molecule has 36 heavy (non-hydrogen) atoms. The summed E-state index contributed by atoms with van der Waals surface area (Å²) < 4.78 is 20.4. The van der Waals surface area contributed by atoms with Gasteiger partial charge in [-0.1, -0.05) is 12.1 Å². The molecule has 186 valence electrons. The first-order valence-corrected chi connectivity index (χ1v) is 12.1. The third-order valence-corrected chi connectivity index (χ3v) is 6.40. The molecule has 1 aromatic carbocycles. The van der Waals surface area contributed by atoms with Crippen LogP contribution in [0.1, 0.15) is 37.7 Å². The Morgan fingerprint density at radius 1 is 1.17 bits per heavy atom. The average molecular weight is 490 g/mol. The number of aromatic nitrogens is 2. The van der Waals surface area contributed by atoms with Crippen LogP contribution in [-0.2, 0) is 11.2 Å². The minimum absolute atomic E-state index is 0.103. The van der Waals surface area contributed by atoms with Crippen molar-refractivity contribution in [3.8, 4) is 11.3 Å². The Balaban J connectivity index is 1.23. The number of benzene rings is 1. The molecule has 9 heteroatoms. The second-order valence-corrected chi connectivity index (χ2v) is 8.84. The summed E-state index contributed by atoms with van der Waals surface area (Å²) in [5.41, 5.74) is 4.33. The van der Waals surface area contributed by atoms with Crippen LogP contribution in [0.4, 0.5) is 4.39 Å². The molecular weight excluding hydrogens is 461 g/mol. The van der Waals surface area contributed by atoms with Crippen LogP contribution in [0.15, 0.2) is 48.7 Å². The zero-order valence-corrected chi connectivity index (χ0v) is 19.9. The molecule has 0 bridgehead atoms. The van der Waals surface area contributed by atoms with E-state index in [0.29, 0.717) is 29.8 Å². The van der Waals surface area contributed by atoms with Crippen molar-refractivity contribution in [1.29, 1.82) is 0 Å². The molecule has 2 aromatic heterocycles. The number of amides is 2. The SMILES string of the molecule is O=C(NCCN1CCOCC1)c1ccc(/C=C(\F)c2cc(-c3cc4c([nH]3)CCNC4=O)ccn2)cc1. The van der Waals surface area contributed by atoms with E-state index in [1.807, 2.05) is 0 Å². The van der Waals surface area contributed by atoms with Gasteiger partial charge < -0.3 is 20.4 Å². The van der Waals surface area contributed by atoms with Gasteiger partial charge in [0.15, 0.2) is 0 Å². The Labute approximate surface area is 208 Å². The highest BCUT2D eigenvalue weighted by Crippen LogP contribution is 2.27. The molecule has 0 saturated carbocycles. The minimum atomic E-state index is -0.492. The van der Waals surface area contributed by atoms with E-state index in [4.69, 9.17) is 4.74 Å². The summed E-state index contributed by atoms with van der Waals surface area (Å²) >= 11 is 0. The predicted molar refractivity (Wildman–Crippen MR) is 135 cm³/mol. The van der Waals surface area contributed by atoms with Crippen molar-refractivity contribution >= 4 is 23.7 Å². The maximum Gasteiger partial charge on any atom is 0.253 e. The van der Waals surface area contributed by atoms with Gasteiger partial charge in [-0.05, 0) is 42.0 Å². The molecule has 0 radical (unpaired) electrons. The van der Waals surface area contributed by atoms with Gasteiger partial charge in [0.05, 0.1) is 24.5 Å². The third-order valence-electron chi connectivity index (χ3n) is 6.40. The molecule has 4 heterocycles. The van der Waals surface area contributed by atoms with E-state index in [1.54, 1.807) is 48.7 Å². The first-order chi connectivity index (χ1) is 17.6. The fraction of sp³-hybridized carbons (Fsp3) is 0.296. The predicted octanol–water partition coefficient (Wildman–Crippen LogP) is 2.89. The van der Waals surface area contributed by atoms with E-state index >= 15 is 4.39 Å². The number of carbonyl (C=O) groups excluding carboxylic acids is 2. The van der Waals surface area contributed by atoms with Crippen molar-refractivity contribution in [3.05, 3.63) is 76.7 Å². The fourth-order valence-corrected chi connectivity index (χ4v) is 4.38. The summed E-state index contributed by atoms with van der Waals surface area (Å²) in [6.07, 6.45) is 3.66. The number of nitrogens with one attached hydrogen (secondary N) is 3. The number of carbonyl (C=O) groups is 2. The molecule has 3 aromatic rings. The minimum Gasteiger partial charge on any atom is -0.379 e. The molecular formula is C27H28FN5O3. The van der Waals surface area contributed by atoms with E-state index in [0.717, 1.165) is 56.2 Å². The third kappa shape index (κ3) is 5.53. The molecule has 0 spiro atoms. The van der Waals surface area contributed by atoms with Crippen molar-refractivity contribution in [2.45, 2.75) is 6.42 Å². The molecule has 3 N–H and O–H groups in total. The van der Waals surface area contributed by atoms with Crippen LogP contribution in [0.25, 0.3) is 23.2 Å². The van der Waals surface area contributed by atoms with Gasteiger partial charge in [-0.2, -0.15) is 0 Å².